The number of hydrogen-bond acceptors (Lipinski definition) is 6. The highest BCUT2D eigenvalue weighted by Gasteiger charge is 2.12. The molecule has 0 saturated carbocycles. The van der Waals surface area contributed by atoms with Crippen molar-refractivity contribution in [2.75, 3.05) is 36.9 Å². The molecule has 2 aromatic rings. The number of rotatable bonds is 7. The molecular formula is C15H21N3O2S. The van der Waals surface area contributed by atoms with E-state index in [9.17, 15) is 0 Å². The summed E-state index contributed by atoms with van der Waals surface area (Å²) in [5, 5.41) is 20.3. The lowest BCUT2D eigenvalue weighted by atomic mass is 10.0. The average Bonchev–Trinajstić information content (AvgIpc) is 2.96. The molecule has 0 spiro atoms. The fourth-order valence-electron chi connectivity index (χ4n) is 2.32. The summed E-state index contributed by atoms with van der Waals surface area (Å²) >= 11 is 1.61. The standard InChI is InChI=1S/C15H21N3O2S/c16-10-15-12(3-8-21-15)13-9-11(1-2-14(13)17)18(4-6-19)5-7-20/h1-3,8-9,19-20H,4-7,10,16-17H2. The van der Waals surface area contributed by atoms with Gasteiger partial charge in [-0.05, 0) is 35.2 Å². The van der Waals surface area contributed by atoms with Crippen LogP contribution >= 0.6 is 11.3 Å². The van der Waals surface area contributed by atoms with Gasteiger partial charge in [0.05, 0.1) is 13.2 Å². The smallest absolute Gasteiger partial charge is 0.0606 e. The summed E-state index contributed by atoms with van der Waals surface area (Å²) in [6.07, 6.45) is 0. The van der Waals surface area contributed by atoms with E-state index in [1.807, 2.05) is 34.5 Å². The van der Waals surface area contributed by atoms with Gasteiger partial charge in [-0.15, -0.1) is 11.3 Å². The molecule has 0 fully saturated rings. The van der Waals surface area contributed by atoms with Crippen molar-refractivity contribution in [2.45, 2.75) is 6.54 Å². The summed E-state index contributed by atoms with van der Waals surface area (Å²) in [5.74, 6) is 0. The highest BCUT2D eigenvalue weighted by molar-refractivity contribution is 7.10. The summed E-state index contributed by atoms with van der Waals surface area (Å²) in [7, 11) is 0. The fourth-order valence-corrected chi connectivity index (χ4v) is 3.09. The SMILES string of the molecule is NCc1sccc1-c1cc(N(CCO)CCO)ccc1N. The van der Waals surface area contributed by atoms with Crippen molar-refractivity contribution in [1.29, 1.82) is 0 Å². The minimum atomic E-state index is 0.0339. The largest absolute Gasteiger partial charge is 0.398 e. The zero-order valence-electron chi connectivity index (χ0n) is 11.8. The number of thiophene rings is 1. The monoisotopic (exact) mass is 307 g/mol. The van der Waals surface area contributed by atoms with Crippen molar-refractivity contribution in [3.8, 4) is 11.1 Å². The molecule has 0 amide bonds. The Morgan fingerprint density at radius 3 is 2.38 bits per heavy atom. The molecule has 0 aliphatic rings. The maximum atomic E-state index is 9.15. The van der Waals surface area contributed by atoms with Crippen LogP contribution in [-0.2, 0) is 6.54 Å². The molecule has 1 aromatic heterocycles. The first-order valence-electron chi connectivity index (χ1n) is 6.84. The number of nitrogens with two attached hydrogens (primary N) is 2. The lowest BCUT2D eigenvalue weighted by Gasteiger charge is -2.24. The van der Waals surface area contributed by atoms with Gasteiger partial charge in [-0.2, -0.15) is 0 Å². The molecule has 0 aliphatic carbocycles. The minimum absolute atomic E-state index is 0.0339. The first-order chi connectivity index (χ1) is 10.2. The minimum Gasteiger partial charge on any atom is -0.398 e. The maximum Gasteiger partial charge on any atom is 0.0606 e. The third-order valence-corrected chi connectivity index (χ3v) is 4.31. The third kappa shape index (κ3) is 3.54. The Bertz CT molecular complexity index is 580. The number of anilines is 2. The van der Waals surface area contributed by atoms with Gasteiger partial charge >= 0.3 is 0 Å². The lowest BCUT2D eigenvalue weighted by molar-refractivity contribution is 0.281. The average molecular weight is 307 g/mol. The van der Waals surface area contributed by atoms with Crippen molar-refractivity contribution < 1.29 is 10.2 Å². The summed E-state index contributed by atoms with van der Waals surface area (Å²) in [6.45, 7) is 1.49. The van der Waals surface area contributed by atoms with Gasteiger partial charge < -0.3 is 26.6 Å². The Labute approximate surface area is 128 Å². The lowest BCUT2D eigenvalue weighted by Crippen LogP contribution is -2.29. The molecule has 5 nitrogen and oxygen atoms in total. The second-order valence-electron chi connectivity index (χ2n) is 4.67. The molecule has 1 aromatic carbocycles. The van der Waals surface area contributed by atoms with Crippen LogP contribution in [0.15, 0.2) is 29.6 Å². The number of nitrogen functional groups attached to an aromatic ring is 1. The number of aliphatic hydroxyl groups excluding tert-OH is 2. The van der Waals surface area contributed by atoms with E-state index < -0.39 is 0 Å². The van der Waals surface area contributed by atoms with E-state index in [1.54, 1.807) is 11.3 Å². The van der Waals surface area contributed by atoms with E-state index >= 15 is 0 Å². The van der Waals surface area contributed by atoms with Gasteiger partial charge in [0.1, 0.15) is 0 Å². The second kappa shape index (κ2) is 7.42. The van der Waals surface area contributed by atoms with E-state index in [0.29, 0.717) is 25.3 Å². The van der Waals surface area contributed by atoms with Crippen molar-refractivity contribution in [3.05, 3.63) is 34.5 Å². The van der Waals surface area contributed by atoms with E-state index in [-0.39, 0.29) is 13.2 Å². The van der Waals surface area contributed by atoms with Gasteiger partial charge in [0, 0.05) is 41.4 Å². The molecule has 0 radical (unpaired) electrons. The summed E-state index contributed by atoms with van der Waals surface area (Å²) in [5.41, 5.74) is 15.5. The number of nitrogens with zero attached hydrogens (tertiary/aromatic N) is 1. The molecule has 0 atom stereocenters. The van der Waals surface area contributed by atoms with Crippen molar-refractivity contribution in [3.63, 3.8) is 0 Å². The predicted molar refractivity (Wildman–Crippen MR) is 88.4 cm³/mol. The van der Waals surface area contributed by atoms with Crippen molar-refractivity contribution in [2.24, 2.45) is 5.73 Å². The maximum absolute atomic E-state index is 9.15. The summed E-state index contributed by atoms with van der Waals surface area (Å²) in [4.78, 5) is 3.02. The summed E-state index contributed by atoms with van der Waals surface area (Å²) < 4.78 is 0. The van der Waals surface area contributed by atoms with Crippen LogP contribution in [0.4, 0.5) is 11.4 Å². The molecular weight excluding hydrogens is 286 g/mol. The Hall–Kier alpha value is -1.60. The number of aliphatic hydroxyl groups is 2. The van der Waals surface area contributed by atoms with Crippen LogP contribution in [0.1, 0.15) is 4.88 Å². The number of hydrogen-bond donors (Lipinski definition) is 4. The zero-order valence-corrected chi connectivity index (χ0v) is 12.6. The molecule has 0 bridgehead atoms. The molecule has 6 N–H and O–H groups in total. The van der Waals surface area contributed by atoms with E-state index in [2.05, 4.69) is 0 Å². The molecule has 0 saturated heterocycles. The first-order valence-corrected chi connectivity index (χ1v) is 7.72. The van der Waals surface area contributed by atoms with E-state index in [0.717, 1.165) is 21.7 Å². The van der Waals surface area contributed by atoms with Gasteiger partial charge in [0.15, 0.2) is 0 Å². The predicted octanol–water partition coefficient (Wildman–Crippen LogP) is 1.25. The van der Waals surface area contributed by atoms with Gasteiger partial charge in [-0.3, -0.25) is 0 Å². The summed E-state index contributed by atoms with van der Waals surface area (Å²) in [6, 6.07) is 7.76. The first kappa shape index (κ1) is 15.8. The van der Waals surface area contributed by atoms with Gasteiger partial charge in [-0.1, -0.05) is 0 Å². The van der Waals surface area contributed by atoms with Gasteiger partial charge in [-0.25, -0.2) is 0 Å². The molecule has 2 rings (SSSR count). The van der Waals surface area contributed by atoms with Crippen LogP contribution in [-0.4, -0.2) is 36.5 Å². The molecule has 114 valence electrons. The van der Waals surface area contributed by atoms with Crippen molar-refractivity contribution in [1.82, 2.24) is 0 Å². The van der Waals surface area contributed by atoms with Crippen LogP contribution in [0.25, 0.3) is 11.1 Å². The molecule has 21 heavy (non-hydrogen) atoms. The molecule has 6 heteroatoms. The molecule has 0 aliphatic heterocycles. The van der Waals surface area contributed by atoms with Gasteiger partial charge in [0.2, 0.25) is 0 Å². The molecule has 1 heterocycles. The second-order valence-corrected chi connectivity index (χ2v) is 5.67. The quantitative estimate of drug-likeness (QED) is 0.577. The third-order valence-electron chi connectivity index (χ3n) is 3.36. The van der Waals surface area contributed by atoms with E-state index in [1.165, 1.54) is 0 Å². The highest BCUT2D eigenvalue weighted by atomic mass is 32.1. The topological polar surface area (TPSA) is 95.7 Å². The normalized spacial score (nSPS) is 10.8. The van der Waals surface area contributed by atoms with Crippen molar-refractivity contribution >= 4 is 22.7 Å². The zero-order chi connectivity index (χ0) is 15.2. The Morgan fingerprint density at radius 2 is 1.76 bits per heavy atom. The fraction of sp³-hybridized carbons (Fsp3) is 0.333. The van der Waals surface area contributed by atoms with Gasteiger partial charge in [0.25, 0.3) is 0 Å². The van der Waals surface area contributed by atoms with Crippen LogP contribution in [0.5, 0.6) is 0 Å². The van der Waals surface area contributed by atoms with Crippen LogP contribution < -0.4 is 16.4 Å². The Morgan fingerprint density at radius 1 is 1.05 bits per heavy atom. The van der Waals surface area contributed by atoms with E-state index in [4.69, 9.17) is 21.7 Å². The highest BCUT2D eigenvalue weighted by Crippen LogP contribution is 2.34. The molecule has 0 unspecified atom stereocenters. The number of benzene rings is 1. The van der Waals surface area contributed by atoms with Crippen LogP contribution in [0.3, 0.4) is 0 Å². The van der Waals surface area contributed by atoms with Crippen LogP contribution in [0.2, 0.25) is 0 Å². The van der Waals surface area contributed by atoms with Crippen LogP contribution in [0, 0.1) is 0 Å². The Kier molecular flexibility index (Phi) is 5.58. The Balaban J connectivity index is 2.41.